The van der Waals surface area contributed by atoms with Crippen molar-refractivity contribution in [1.82, 2.24) is 0 Å². The summed E-state index contributed by atoms with van der Waals surface area (Å²) in [5.74, 6) is -0.873. The Kier molecular flexibility index (Phi) is 3.42. The summed E-state index contributed by atoms with van der Waals surface area (Å²) in [7, 11) is 0. The van der Waals surface area contributed by atoms with Crippen molar-refractivity contribution in [1.29, 1.82) is 0 Å². The standard InChI is InChI=1S/C11H12FN3O3/c12-8-5-7(1-2-9(8)14-11(13)17)15-3-4-18-6-10(15)16/h1-2,5H,3-4,6H2,(H3,13,14,17). The molecular formula is C11H12FN3O3. The van der Waals surface area contributed by atoms with Gasteiger partial charge in [-0.25, -0.2) is 9.18 Å². The number of morpholine rings is 1. The van der Waals surface area contributed by atoms with Crippen LogP contribution in [0.3, 0.4) is 0 Å². The van der Waals surface area contributed by atoms with Crippen LogP contribution in [0.15, 0.2) is 18.2 Å². The predicted molar refractivity (Wildman–Crippen MR) is 62.8 cm³/mol. The Morgan fingerprint density at radius 1 is 1.50 bits per heavy atom. The molecule has 3 N–H and O–H groups in total. The lowest BCUT2D eigenvalue weighted by Gasteiger charge is -2.27. The molecule has 1 aromatic rings. The monoisotopic (exact) mass is 253 g/mol. The van der Waals surface area contributed by atoms with Crippen molar-refractivity contribution in [2.24, 2.45) is 5.73 Å². The fourth-order valence-corrected chi connectivity index (χ4v) is 1.70. The number of nitrogens with two attached hydrogens (primary N) is 1. The quantitative estimate of drug-likeness (QED) is 0.812. The van der Waals surface area contributed by atoms with Crippen LogP contribution in [0.1, 0.15) is 0 Å². The minimum absolute atomic E-state index is 0.0110. The molecule has 7 heteroatoms. The van der Waals surface area contributed by atoms with Crippen molar-refractivity contribution in [2.45, 2.75) is 0 Å². The highest BCUT2D eigenvalue weighted by molar-refractivity contribution is 5.95. The van der Waals surface area contributed by atoms with Crippen LogP contribution in [0.4, 0.5) is 20.6 Å². The fourth-order valence-electron chi connectivity index (χ4n) is 1.70. The number of carbonyl (C=O) groups is 2. The van der Waals surface area contributed by atoms with E-state index in [0.29, 0.717) is 18.8 Å². The lowest BCUT2D eigenvalue weighted by atomic mass is 10.2. The zero-order valence-electron chi connectivity index (χ0n) is 9.48. The molecule has 0 bridgehead atoms. The van der Waals surface area contributed by atoms with Gasteiger partial charge in [0.1, 0.15) is 12.4 Å². The maximum atomic E-state index is 13.7. The number of amides is 3. The average Bonchev–Trinajstić information content (AvgIpc) is 2.32. The highest BCUT2D eigenvalue weighted by Crippen LogP contribution is 2.23. The lowest BCUT2D eigenvalue weighted by Crippen LogP contribution is -2.41. The first-order chi connectivity index (χ1) is 8.58. The number of primary amides is 1. The van der Waals surface area contributed by atoms with Gasteiger partial charge < -0.3 is 20.7 Å². The SMILES string of the molecule is NC(=O)Nc1ccc(N2CCOCC2=O)cc1F. The Morgan fingerprint density at radius 2 is 2.28 bits per heavy atom. The van der Waals surface area contributed by atoms with E-state index in [0.717, 1.165) is 0 Å². The van der Waals surface area contributed by atoms with Gasteiger partial charge >= 0.3 is 6.03 Å². The molecule has 1 aliphatic heterocycles. The van der Waals surface area contributed by atoms with Crippen LogP contribution in [0.2, 0.25) is 0 Å². The number of carbonyl (C=O) groups excluding carboxylic acids is 2. The number of hydrogen-bond acceptors (Lipinski definition) is 3. The molecule has 18 heavy (non-hydrogen) atoms. The summed E-state index contributed by atoms with van der Waals surface area (Å²) in [6.07, 6.45) is 0. The number of anilines is 2. The summed E-state index contributed by atoms with van der Waals surface area (Å²) in [6.45, 7) is 0.776. The first-order valence-corrected chi connectivity index (χ1v) is 5.32. The second-order valence-corrected chi connectivity index (χ2v) is 3.75. The van der Waals surface area contributed by atoms with E-state index in [2.05, 4.69) is 5.32 Å². The van der Waals surface area contributed by atoms with Crippen molar-refractivity contribution in [3.8, 4) is 0 Å². The highest BCUT2D eigenvalue weighted by atomic mass is 19.1. The molecule has 0 aromatic heterocycles. The van der Waals surface area contributed by atoms with Crippen LogP contribution < -0.4 is 16.0 Å². The van der Waals surface area contributed by atoms with Crippen molar-refractivity contribution in [3.05, 3.63) is 24.0 Å². The third kappa shape index (κ3) is 2.57. The molecular weight excluding hydrogens is 241 g/mol. The zero-order valence-corrected chi connectivity index (χ0v) is 9.48. The summed E-state index contributed by atoms with van der Waals surface area (Å²) in [5.41, 5.74) is 5.30. The minimum Gasteiger partial charge on any atom is -0.370 e. The van der Waals surface area contributed by atoms with Crippen molar-refractivity contribution < 1.29 is 18.7 Å². The van der Waals surface area contributed by atoms with Gasteiger partial charge in [0.2, 0.25) is 0 Å². The number of rotatable bonds is 2. The Labute approximate surface area is 103 Å². The number of benzene rings is 1. The number of ether oxygens (including phenoxy) is 1. The third-order valence-electron chi connectivity index (χ3n) is 2.51. The summed E-state index contributed by atoms with van der Waals surface area (Å²) < 4.78 is 18.6. The molecule has 1 aromatic carbocycles. The second kappa shape index (κ2) is 5.01. The first kappa shape index (κ1) is 12.3. The van der Waals surface area contributed by atoms with E-state index in [4.69, 9.17) is 10.5 Å². The van der Waals surface area contributed by atoms with Gasteiger partial charge in [0, 0.05) is 12.2 Å². The molecule has 0 spiro atoms. The van der Waals surface area contributed by atoms with Gasteiger partial charge in [-0.2, -0.15) is 0 Å². The number of nitrogens with one attached hydrogen (secondary N) is 1. The molecule has 0 aliphatic carbocycles. The fraction of sp³-hybridized carbons (Fsp3) is 0.273. The van der Waals surface area contributed by atoms with Crippen LogP contribution in [-0.4, -0.2) is 31.7 Å². The second-order valence-electron chi connectivity index (χ2n) is 3.75. The molecule has 3 amide bonds. The molecule has 1 saturated heterocycles. The number of nitrogens with zero attached hydrogens (tertiary/aromatic N) is 1. The predicted octanol–water partition coefficient (Wildman–Crippen LogP) is 0.679. The van der Waals surface area contributed by atoms with Crippen LogP contribution in [0.5, 0.6) is 0 Å². The third-order valence-corrected chi connectivity index (χ3v) is 2.51. The molecule has 0 radical (unpaired) electrons. The normalized spacial score (nSPS) is 15.6. The zero-order chi connectivity index (χ0) is 13.1. The van der Waals surface area contributed by atoms with Gasteiger partial charge in [-0.3, -0.25) is 4.79 Å². The maximum Gasteiger partial charge on any atom is 0.316 e. The molecule has 0 atom stereocenters. The van der Waals surface area contributed by atoms with Crippen LogP contribution in [-0.2, 0) is 9.53 Å². The Balaban J connectivity index is 2.22. The highest BCUT2D eigenvalue weighted by Gasteiger charge is 2.21. The summed E-state index contributed by atoms with van der Waals surface area (Å²) in [5, 5.41) is 2.15. The Morgan fingerprint density at radius 3 is 2.89 bits per heavy atom. The smallest absolute Gasteiger partial charge is 0.316 e. The van der Waals surface area contributed by atoms with Crippen LogP contribution in [0, 0.1) is 5.82 Å². The largest absolute Gasteiger partial charge is 0.370 e. The summed E-state index contributed by atoms with van der Waals surface area (Å²) in [6, 6.07) is 3.23. The van der Waals surface area contributed by atoms with Gasteiger partial charge in [-0.05, 0) is 18.2 Å². The van der Waals surface area contributed by atoms with E-state index in [1.165, 1.54) is 23.1 Å². The first-order valence-electron chi connectivity index (χ1n) is 5.32. The van der Waals surface area contributed by atoms with E-state index in [-0.39, 0.29) is 18.2 Å². The molecule has 2 rings (SSSR count). The van der Waals surface area contributed by atoms with Gasteiger partial charge in [-0.1, -0.05) is 0 Å². The Bertz CT molecular complexity index is 492. The molecule has 6 nitrogen and oxygen atoms in total. The molecule has 96 valence electrons. The van der Waals surface area contributed by atoms with E-state index >= 15 is 0 Å². The maximum absolute atomic E-state index is 13.7. The molecule has 1 aliphatic rings. The Hall–Kier alpha value is -2.15. The molecule has 1 heterocycles. The lowest BCUT2D eigenvalue weighted by molar-refractivity contribution is -0.125. The minimum atomic E-state index is -0.843. The van der Waals surface area contributed by atoms with Gasteiger partial charge in [0.25, 0.3) is 5.91 Å². The van der Waals surface area contributed by atoms with E-state index in [9.17, 15) is 14.0 Å². The van der Waals surface area contributed by atoms with E-state index in [1.807, 2.05) is 0 Å². The molecule has 0 saturated carbocycles. The summed E-state index contributed by atoms with van der Waals surface area (Å²) >= 11 is 0. The van der Waals surface area contributed by atoms with E-state index in [1.54, 1.807) is 0 Å². The number of halogens is 1. The molecule has 1 fully saturated rings. The van der Waals surface area contributed by atoms with Crippen LogP contribution >= 0.6 is 0 Å². The number of hydrogen-bond donors (Lipinski definition) is 2. The summed E-state index contributed by atoms with van der Waals surface area (Å²) in [4.78, 5) is 23.6. The number of urea groups is 1. The van der Waals surface area contributed by atoms with Gasteiger partial charge in [0.05, 0.1) is 12.3 Å². The molecule has 0 unspecified atom stereocenters. The van der Waals surface area contributed by atoms with Crippen molar-refractivity contribution in [2.75, 3.05) is 30.0 Å². The van der Waals surface area contributed by atoms with Gasteiger partial charge in [0.15, 0.2) is 0 Å². The van der Waals surface area contributed by atoms with Crippen molar-refractivity contribution in [3.63, 3.8) is 0 Å². The van der Waals surface area contributed by atoms with Crippen molar-refractivity contribution >= 4 is 23.3 Å². The van der Waals surface area contributed by atoms with E-state index < -0.39 is 11.8 Å². The average molecular weight is 253 g/mol. The van der Waals surface area contributed by atoms with Crippen LogP contribution in [0.25, 0.3) is 0 Å². The topological polar surface area (TPSA) is 84.7 Å². The van der Waals surface area contributed by atoms with Gasteiger partial charge in [-0.15, -0.1) is 0 Å².